The van der Waals surface area contributed by atoms with Crippen molar-refractivity contribution in [2.75, 3.05) is 17.3 Å². The third-order valence-corrected chi connectivity index (χ3v) is 3.62. The van der Waals surface area contributed by atoms with Gasteiger partial charge in [-0.1, -0.05) is 30.3 Å². The van der Waals surface area contributed by atoms with Gasteiger partial charge in [-0.05, 0) is 29.8 Å². The maximum Gasteiger partial charge on any atom is 0.258 e. The Morgan fingerprint density at radius 3 is 2.54 bits per heavy atom. The molecule has 3 aromatic rings. The van der Waals surface area contributed by atoms with E-state index in [0.717, 1.165) is 12.2 Å². The molecule has 2 heterocycles. The van der Waals surface area contributed by atoms with Crippen LogP contribution in [0.15, 0.2) is 73.2 Å². The highest BCUT2D eigenvalue weighted by molar-refractivity contribution is 6.03. The van der Waals surface area contributed by atoms with Crippen molar-refractivity contribution in [1.29, 1.82) is 0 Å². The van der Waals surface area contributed by atoms with E-state index >= 15 is 0 Å². The Bertz CT molecular complexity index is 789. The number of anilines is 2. The minimum atomic E-state index is -0.221. The van der Waals surface area contributed by atoms with Gasteiger partial charge in [0, 0.05) is 26.0 Å². The van der Waals surface area contributed by atoms with Crippen LogP contribution in [0.5, 0.6) is 0 Å². The summed E-state index contributed by atoms with van der Waals surface area (Å²) in [5, 5.41) is 2.77. The quantitative estimate of drug-likeness (QED) is 0.783. The molecule has 0 bridgehead atoms. The zero-order chi connectivity index (χ0) is 16.8. The molecule has 1 N–H and O–H groups in total. The Labute approximate surface area is 141 Å². The predicted octanol–water partition coefficient (Wildman–Crippen LogP) is 3.37. The van der Waals surface area contributed by atoms with Crippen molar-refractivity contribution in [2.24, 2.45) is 0 Å². The largest absolute Gasteiger partial charge is 0.369 e. The number of benzene rings is 1. The summed E-state index contributed by atoms with van der Waals surface area (Å²) >= 11 is 0. The van der Waals surface area contributed by atoms with E-state index in [2.05, 4.69) is 32.3 Å². The van der Waals surface area contributed by atoms with Gasteiger partial charge in [-0.2, -0.15) is 0 Å². The SMILES string of the molecule is CN(Cc1ccccc1)c1ccc(NC(=O)c2cccnc2)nc1. The number of amides is 1. The standard InChI is InChI=1S/C19H18N4O/c1-23(14-15-6-3-2-4-7-15)17-9-10-18(21-13-17)22-19(24)16-8-5-11-20-12-16/h2-13H,14H2,1H3,(H,21,22,24). The fraction of sp³-hybridized carbons (Fsp3) is 0.105. The van der Waals surface area contributed by atoms with Crippen molar-refractivity contribution in [2.45, 2.75) is 6.54 Å². The molecule has 1 aromatic carbocycles. The molecule has 24 heavy (non-hydrogen) atoms. The fourth-order valence-electron chi connectivity index (χ4n) is 2.32. The van der Waals surface area contributed by atoms with E-state index in [1.54, 1.807) is 30.6 Å². The smallest absolute Gasteiger partial charge is 0.258 e. The van der Waals surface area contributed by atoms with Gasteiger partial charge in [-0.25, -0.2) is 4.98 Å². The third kappa shape index (κ3) is 3.95. The number of nitrogens with zero attached hydrogens (tertiary/aromatic N) is 3. The highest BCUT2D eigenvalue weighted by atomic mass is 16.1. The molecule has 0 spiro atoms. The zero-order valence-corrected chi connectivity index (χ0v) is 13.4. The Hall–Kier alpha value is -3.21. The fourth-order valence-corrected chi connectivity index (χ4v) is 2.32. The molecular formula is C19H18N4O. The number of hydrogen-bond acceptors (Lipinski definition) is 4. The summed E-state index contributed by atoms with van der Waals surface area (Å²) in [7, 11) is 2.01. The van der Waals surface area contributed by atoms with Gasteiger partial charge in [-0.3, -0.25) is 9.78 Å². The van der Waals surface area contributed by atoms with Gasteiger partial charge in [0.2, 0.25) is 0 Å². The van der Waals surface area contributed by atoms with Gasteiger partial charge in [0.05, 0.1) is 17.4 Å². The van der Waals surface area contributed by atoms with E-state index in [9.17, 15) is 4.79 Å². The van der Waals surface area contributed by atoms with Crippen molar-refractivity contribution in [1.82, 2.24) is 9.97 Å². The lowest BCUT2D eigenvalue weighted by Gasteiger charge is -2.19. The summed E-state index contributed by atoms with van der Waals surface area (Å²) in [5.74, 6) is 0.293. The molecule has 3 rings (SSSR count). The summed E-state index contributed by atoms with van der Waals surface area (Å²) in [6.07, 6.45) is 4.91. The molecule has 0 saturated carbocycles. The summed E-state index contributed by atoms with van der Waals surface area (Å²) in [6, 6.07) is 17.4. The van der Waals surface area contributed by atoms with Crippen LogP contribution < -0.4 is 10.2 Å². The number of pyridine rings is 2. The van der Waals surface area contributed by atoms with Crippen molar-refractivity contribution >= 4 is 17.4 Å². The molecule has 0 aliphatic carbocycles. The molecule has 0 fully saturated rings. The summed E-state index contributed by atoms with van der Waals surface area (Å²) in [6.45, 7) is 0.796. The van der Waals surface area contributed by atoms with Gasteiger partial charge < -0.3 is 10.2 Å². The molecule has 1 amide bonds. The second kappa shape index (κ2) is 7.37. The number of carbonyl (C=O) groups excluding carboxylic acids is 1. The van der Waals surface area contributed by atoms with E-state index in [4.69, 9.17) is 0 Å². The summed E-state index contributed by atoms with van der Waals surface area (Å²) < 4.78 is 0. The Kier molecular flexibility index (Phi) is 4.81. The van der Waals surface area contributed by atoms with Gasteiger partial charge in [0.1, 0.15) is 5.82 Å². The van der Waals surface area contributed by atoms with Crippen LogP contribution in [-0.4, -0.2) is 22.9 Å². The average molecular weight is 318 g/mol. The second-order valence-corrected chi connectivity index (χ2v) is 5.44. The van der Waals surface area contributed by atoms with E-state index in [0.29, 0.717) is 11.4 Å². The van der Waals surface area contributed by atoms with Gasteiger partial charge >= 0.3 is 0 Å². The Morgan fingerprint density at radius 1 is 1.04 bits per heavy atom. The second-order valence-electron chi connectivity index (χ2n) is 5.44. The average Bonchev–Trinajstić information content (AvgIpc) is 2.64. The van der Waals surface area contributed by atoms with Crippen LogP contribution in [0.4, 0.5) is 11.5 Å². The van der Waals surface area contributed by atoms with E-state index in [1.807, 2.05) is 31.3 Å². The molecule has 5 heteroatoms. The summed E-state index contributed by atoms with van der Waals surface area (Å²) in [5.41, 5.74) is 2.72. The highest BCUT2D eigenvalue weighted by Gasteiger charge is 2.07. The van der Waals surface area contributed by atoms with Crippen LogP contribution in [0.2, 0.25) is 0 Å². The lowest BCUT2D eigenvalue weighted by Crippen LogP contribution is -2.17. The molecular weight excluding hydrogens is 300 g/mol. The normalized spacial score (nSPS) is 10.2. The van der Waals surface area contributed by atoms with Crippen LogP contribution in [0.3, 0.4) is 0 Å². The first-order valence-corrected chi connectivity index (χ1v) is 7.65. The first kappa shape index (κ1) is 15.7. The molecule has 0 aliphatic rings. The minimum absolute atomic E-state index is 0.221. The van der Waals surface area contributed by atoms with Crippen molar-refractivity contribution in [3.05, 3.63) is 84.3 Å². The molecule has 0 saturated heterocycles. The van der Waals surface area contributed by atoms with Crippen molar-refractivity contribution < 1.29 is 4.79 Å². The molecule has 0 unspecified atom stereocenters. The van der Waals surface area contributed by atoms with Crippen molar-refractivity contribution in [3.8, 4) is 0 Å². The van der Waals surface area contributed by atoms with E-state index in [-0.39, 0.29) is 5.91 Å². The van der Waals surface area contributed by atoms with Gasteiger partial charge in [0.25, 0.3) is 5.91 Å². The molecule has 0 radical (unpaired) electrons. The topological polar surface area (TPSA) is 58.1 Å². The lowest BCUT2D eigenvalue weighted by molar-refractivity contribution is 0.102. The number of carbonyl (C=O) groups is 1. The molecule has 5 nitrogen and oxygen atoms in total. The number of aromatic nitrogens is 2. The zero-order valence-electron chi connectivity index (χ0n) is 13.4. The Balaban J connectivity index is 1.64. The molecule has 2 aromatic heterocycles. The van der Waals surface area contributed by atoms with Crippen LogP contribution in [0.1, 0.15) is 15.9 Å². The third-order valence-electron chi connectivity index (χ3n) is 3.62. The van der Waals surface area contributed by atoms with Gasteiger partial charge in [-0.15, -0.1) is 0 Å². The maximum absolute atomic E-state index is 12.1. The Morgan fingerprint density at radius 2 is 1.88 bits per heavy atom. The van der Waals surface area contributed by atoms with E-state index in [1.165, 1.54) is 11.8 Å². The molecule has 0 atom stereocenters. The maximum atomic E-state index is 12.1. The van der Waals surface area contributed by atoms with Gasteiger partial charge in [0.15, 0.2) is 0 Å². The van der Waals surface area contributed by atoms with Crippen LogP contribution in [0, 0.1) is 0 Å². The monoisotopic (exact) mass is 318 g/mol. The number of rotatable bonds is 5. The van der Waals surface area contributed by atoms with Crippen LogP contribution >= 0.6 is 0 Å². The number of hydrogen-bond donors (Lipinski definition) is 1. The van der Waals surface area contributed by atoms with E-state index < -0.39 is 0 Å². The molecule has 120 valence electrons. The highest BCUT2D eigenvalue weighted by Crippen LogP contribution is 2.16. The summed E-state index contributed by atoms with van der Waals surface area (Å²) in [4.78, 5) is 22.4. The minimum Gasteiger partial charge on any atom is -0.369 e. The molecule has 0 aliphatic heterocycles. The van der Waals surface area contributed by atoms with Crippen LogP contribution in [-0.2, 0) is 6.54 Å². The number of nitrogens with one attached hydrogen (secondary N) is 1. The first-order chi connectivity index (χ1) is 11.7. The van der Waals surface area contributed by atoms with Crippen molar-refractivity contribution in [3.63, 3.8) is 0 Å². The lowest BCUT2D eigenvalue weighted by atomic mass is 10.2. The van der Waals surface area contributed by atoms with Crippen LogP contribution in [0.25, 0.3) is 0 Å². The first-order valence-electron chi connectivity index (χ1n) is 7.65. The predicted molar refractivity (Wildman–Crippen MR) is 95.0 cm³/mol.